The van der Waals surface area contributed by atoms with Gasteiger partial charge in [0.25, 0.3) is 0 Å². The van der Waals surface area contributed by atoms with E-state index in [1.165, 1.54) is 18.4 Å². The number of anilines is 1. The van der Waals surface area contributed by atoms with E-state index < -0.39 is 0 Å². The highest BCUT2D eigenvalue weighted by Gasteiger charge is 2.34. The molecule has 2 N–H and O–H groups in total. The van der Waals surface area contributed by atoms with E-state index >= 15 is 0 Å². The van der Waals surface area contributed by atoms with Gasteiger partial charge in [-0.05, 0) is 18.4 Å². The van der Waals surface area contributed by atoms with Crippen molar-refractivity contribution in [1.29, 1.82) is 0 Å². The third kappa shape index (κ3) is 2.34. The van der Waals surface area contributed by atoms with Crippen LogP contribution in [0.15, 0.2) is 30.3 Å². The third-order valence-corrected chi connectivity index (χ3v) is 4.88. The first-order valence-electron chi connectivity index (χ1n) is 6.69. The molecule has 0 spiro atoms. The van der Waals surface area contributed by atoms with E-state index in [0.717, 1.165) is 10.4 Å². The highest BCUT2D eigenvalue weighted by atomic mass is 32.1. The first-order chi connectivity index (χ1) is 10.1. The van der Waals surface area contributed by atoms with E-state index in [9.17, 15) is 9.59 Å². The minimum absolute atomic E-state index is 0.0730. The summed E-state index contributed by atoms with van der Waals surface area (Å²) in [5.74, 6) is -0.495. The van der Waals surface area contributed by atoms with E-state index in [2.05, 4.69) is 0 Å². The minimum Gasteiger partial charge on any atom is -0.469 e. The van der Waals surface area contributed by atoms with Crippen LogP contribution in [-0.4, -0.2) is 18.9 Å². The van der Waals surface area contributed by atoms with Crippen LogP contribution in [-0.2, 0) is 22.4 Å². The number of rotatable bonds is 3. The number of carbonyl (C=O) groups is 2. The number of hydrogen-bond acceptors (Lipinski definition) is 5. The van der Waals surface area contributed by atoms with Crippen molar-refractivity contribution in [2.24, 2.45) is 5.92 Å². The molecule has 1 aliphatic rings. The Morgan fingerprint density at radius 3 is 2.62 bits per heavy atom. The molecule has 1 aromatic carbocycles. The maximum atomic E-state index is 12.6. The van der Waals surface area contributed by atoms with E-state index in [0.29, 0.717) is 29.0 Å². The number of hydrogen-bond donors (Lipinski definition) is 1. The van der Waals surface area contributed by atoms with Gasteiger partial charge >= 0.3 is 5.97 Å². The summed E-state index contributed by atoms with van der Waals surface area (Å²) in [5, 5.41) is 0.539. The van der Waals surface area contributed by atoms with Crippen LogP contribution in [0.2, 0.25) is 0 Å². The second-order valence-electron chi connectivity index (χ2n) is 5.07. The van der Waals surface area contributed by atoms with Crippen LogP contribution in [0, 0.1) is 5.92 Å². The van der Waals surface area contributed by atoms with Crippen LogP contribution in [0.4, 0.5) is 5.00 Å². The van der Waals surface area contributed by atoms with E-state index in [-0.39, 0.29) is 17.7 Å². The van der Waals surface area contributed by atoms with Crippen LogP contribution in [0.3, 0.4) is 0 Å². The Labute approximate surface area is 126 Å². The lowest BCUT2D eigenvalue weighted by atomic mass is 9.99. The normalized spacial score (nSPS) is 16.5. The Hall–Kier alpha value is -2.14. The third-order valence-electron chi connectivity index (χ3n) is 3.80. The molecule has 1 atom stereocenters. The molecule has 108 valence electrons. The first kappa shape index (κ1) is 13.8. The molecule has 0 radical (unpaired) electrons. The van der Waals surface area contributed by atoms with Crippen LogP contribution >= 0.6 is 11.3 Å². The van der Waals surface area contributed by atoms with Crippen molar-refractivity contribution in [3.63, 3.8) is 0 Å². The van der Waals surface area contributed by atoms with Gasteiger partial charge in [-0.25, -0.2) is 0 Å². The zero-order valence-corrected chi connectivity index (χ0v) is 12.4. The molecule has 0 amide bonds. The van der Waals surface area contributed by atoms with Crippen LogP contribution in [0.1, 0.15) is 26.4 Å². The second-order valence-corrected chi connectivity index (χ2v) is 6.20. The van der Waals surface area contributed by atoms with Crippen molar-refractivity contribution in [3.05, 3.63) is 51.9 Å². The monoisotopic (exact) mass is 301 g/mol. The number of ether oxygens (including phenoxy) is 1. The molecule has 2 aromatic rings. The average Bonchev–Trinajstić information content (AvgIpc) is 3.03. The number of thiophene rings is 1. The highest BCUT2D eigenvalue weighted by molar-refractivity contribution is 7.16. The van der Waals surface area contributed by atoms with Gasteiger partial charge in [0, 0.05) is 10.4 Å². The highest BCUT2D eigenvalue weighted by Crippen LogP contribution is 2.40. The summed E-state index contributed by atoms with van der Waals surface area (Å²) in [6.07, 6.45) is 1.14. The number of nitrogens with two attached hydrogens (primary N) is 1. The molecule has 0 aliphatic heterocycles. The second kappa shape index (κ2) is 5.33. The predicted octanol–water partition coefficient (Wildman–Crippen LogP) is 2.45. The van der Waals surface area contributed by atoms with Crippen molar-refractivity contribution in [3.8, 4) is 0 Å². The van der Waals surface area contributed by atoms with Gasteiger partial charge in [-0.15, -0.1) is 11.3 Å². The van der Waals surface area contributed by atoms with Gasteiger partial charge in [-0.2, -0.15) is 0 Å². The fraction of sp³-hybridized carbons (Fsp3) is 0.250. The molecule has 21 heavy (non-hydrogen) atoms. The van der Waals surface area contributed by atoms with Gasteiger partial charge in [0.2, 0.25) is 0 Å². The van der Waals surface area contributed by atoms with Gasteiger partial charge in [-0.1, -0.05) is 30.3 Å². The summed E-state index contributed by atoms with van der Waals surface area (Å²) < 4.78 is 4.80. The molecule has 0 saturated heterocycles. The standard InChI is InChI=1S/C16H15NO3S/c1-20-16(19)10-7-11-12(8-10)21-15(17)13(11)14(18)9-5-3-2-4-6-9/h2-6,10H,7-8,17H2,1H3. The van der Waals surface area contributed by atoms with E-state index in [4.69, 9.17) is 10.5 Å². The summed E-state index contributed by atoms with van der Waals surface area (Å²) in [7, 11) is 1.39. The lowest BCUT2D eigenvalue weighted by Gasteiger charge is -2.07. The zero-order chi connectivity index (χ0) is 15.0. The minimum atomic E-state index is -0.227. The van der Waals surface area contributed by atoms with Crippen molar-refractivity contribution >= 4 is 28.1 Å². The van der Waals surface area contributed by atoms with Crippen LogP contribution in [0.25, 0.3) is 0 Å². The van der Waals surface area contributed by atoms with E-state index in [1.807, 2.05) is 18.2 Å². The Morgan fingerprint density at radius 2 is 1.95 bits per heavy atom. The van der Waals surface area contributed by atoms with Gasteiger partial charge in [-0.3, -0.25) is 9.59 Å². The predicted molar refractivity (Wildman–Crippen MR) is 81.5 cm³/mol. The molecule has 1 heterocycles. The molecule has 0 bridgehead atoms. The summed E-state index contributed by atoms with van der Waals surface area (Å²) in [4.78, 5) is 25.4. The Balaban J connectivity index is 1.96. The number of carbonyl (C=O) groups excluding carboxylic acids is 2. The lowest BCUT2D eigenvalue weighted by molar-refractivity contribution is -0.145. The van der Waals surface area contributed by atoms with Crippen molar-refractivity contribution in [2.75, 3.05) is 12.8 Å². The summed E-state index contributed by atoms with van der Waals surface area (Å²) in [6, 6.07) is 9.07. The van der Waals surface area contributed by atoms with Crippen LogP contribution < -0.4 is 5.73 Å². The Morgan fingerprint density at radius 1 is 1.24 bits per heavy atom. The zero-order valence-electron chi connectivity index (χ0n) is 11.6. The molecule has 1 aromatic heterocycles. The number of nitrogen functional groups attached to an aromatic ring is 1. The molecule has 0 fully saturated rings. The molecule has 1 aliphatic carbocycles. The smallest absolute Gasteiger partial charge is 0.309 e. The molecule has 5 heteroatoms. The fourth-order valence-electron chi connectivity index (χ4n) is 2.77. The fourth-order valence-corrected chi connectivity index (χ4v) is 3.95. The molecule has 0 saturated carbocycles. The topological polar surface area (TPSA) is 69.4 Å². The summed E-state index contributed by atoms with van der Waals surface area (Å²) >= 11 is 1.41. The number of fused-ring (bicyclic) bond motifs is 1. The summed E-state index contributed by atoms with van der Waals surface area (Å²) in [6.45, 7) is 0. The number of methoxy groups -OCH3 is 1. The van der Waals surface area contributed by atoms with Crippen molar-refractivity contribution in [1.82, 2.24) is 0 Å². The van der Waals surface area contributed by atoms with Gasteiger partial charge in [0.15, 0.2) is 5.78 Å². The molecule has 4 nitrogen and oxygen atoms in total. The maximum Gasteiger partial charge on any atom is 0.309 e. The SMILES string of the molecule is COC(=O)C1Cc2sc(N)c(C(=O)c3ccccc3)c2C1. The molecule has 3 rings (SSSR count). The van der Waals surface area contributed by atoms with Crippen molar-refractivity contribution < 1.29 is 14.3 Å². The van der Waals surface area contributed by atoms with Gasteiger partial charge in [0.1, 0.15) is 0 Å². The number of benzene rings is 1. The quantitative estimate of drug-likeness (QED) is 0.698. The number of ketones is 1. The van der Waals surface area contributed by atoms with Crippen molar-refractivity contribution in [2.45, 2.75) is 12.8 Å². The largest absolute Gasteiger partial charge is 0.469 e. The summed E-state index contributed by atoms with van der Waals surface area (Å²) in [5.41, 5.74) is 8.12. The van der Waals surface area contributed by atoms with Crippen LogP contribution in [0.5, 0.6) is 0 Å². The molecular formula is C16H15NO3S. The lowest BCUT2D eigenvalue weighted by Crippen LogP contribution is -2.17. The first-order valence-corrected chi connectivity index (χ1v) is 7.51. The van der Waals surface area contributed by atoms with Gasteiger partial charge in [0.05, 0.1) is 23.6 Å². The Kier molecular flexibility index (Phi) is 3.51. The van der Waals surface area contributed by atoms with Gasteiger partial charge < -0.3 is 10.5 Å². The van der Waals surface area contributed by atoms with E-state index in [1.54, 1.807) is 12.1 Å². The number of esters is 1. The molecule has 1 unspecified atom stereocenters. The average molecular weight is 301 g/mol. The Bertz CT molecular complexity index is 706. The maximum absolute atomic E-state index is 12.6. The molecular weight excluding hydrogens is 286 g/mol.